The Kier molecular flexibility index (Phi) is 7.45. The second-order valence-electron chi connectivity index (χ2n) is 7.06. The van der Waals surface area contributed by atoms with Crippen LogP contribution < -0.4 is 15.4 Å². The molecule has 26 heavy (non-hydrogen) atoms. The molecular formula is C20H31N3O3. The summed E-state index contributed by atoms with van der Waals surface area (Å²) in [5.74, 6) is 0.512. The Hall–Kier alpha value is -2.08. The van der Waals surface area contributed by atoms with E-state index in [0.717, 1.165) is 25.1 Å². The van der Waals surface area contributed by atoms with E-state index in [2.05, 4.69) is 10.6 Å². The molecule has 2 atom stereocenters. The first-order valence-electron chi connectivity index (χ1n) is 9.46. The van der Waals surface area contributed by atoms with E-state index in [1.165, 1.54) is 0 Å². The van der Waals surface area contributed by atoms with Crippen LogP contribution in [0.3, 0.4) is 0 Å². The van der Waals surface area contributed by atoms with Crippen molar-refractivity contribution in [2.75, 3.05) is 26.7 Å². The number of ether oxygens (including phenoxy) is 1. The fourth-order valence-corrected chi connectivity index (χ4v) is 3.22. The zero-order valence-electron chi connectivity index (χ0n) is 16.2. The number of hydrogen-bond acceptors (Lipinski definition) is 4. The summed E-state index contributed by atoms with van der Waals surface area (Å²) in [7, 11) is 1.92. The first kappa shape index (κ1) is 20.2. The predicted molar refractivity (Wildman–Crippen MR) is 102 cm³/mol. The molecule has 1 saturated heterocycles. The van der Waals surface area contributed by atoms with E-state index < -0.39 is 6.04 Å². The number of nitrogens with zero attached hydrogens (tertiary/aromatic N) is 1. The smallest absolute Gasteiger partial charge is 0.251 e. The molecule has 2 rings (SSSR count). The van der Waals surface area contributed by atoms with Gasteiger partial charge in [-0.1, -0.05) is 13.8 Å². The molecule has 1 aromatic rings. The van der Waals surface area contributed by atoms with Crippen molar-refractivity contribution in [2.24, 2.45) is 5.92 Å². The van der Waals surface area contributed by atoms with Crippen LogP contribution in [-0.4, -0.2) is 55.5 Å². The Morgan fingerprint density at radius 3 is 2.54 bits per heavy atom. The Balaban J connectivity index is 2.04. The van der Waals surface area contributed by atoms with E-state index in [0.29, 0.717) is 24.8 Å². The highest BCUT2D eigenvalue weighted by molar-refractivity contribution is 5.97. The number of likely N-dealkylation sites (N-methyl/N-ethyl adjacent to an activating group) is 1. The van der Waals surface area contributed by atoms with Gasteiger partial charge in [0, 0.05) is 24.7 Å². The lowest BCUT2D eigenvalue weighted by molar-refractivity contribution is -0.135. The monoisotopic (exact) mass is 361 g/mol. The Labute approximate surface area is 156 Å². The van der Waals surface area contributed by atoms with Gasteiger partial charge in [0.05, 0.1) is 6.61 Å². The first-order chi connectivity index (χ1) is 12.5. The molecular weight excluding hydrogens is 330 g/mol. The Morgan fingerprint density at radius 2 is 1.96 bits per heavy atom. The number of amides is 2. The number of carbonyl (C=O) groups is 2. The summed E-state index contributed by atoms with van der Waals surface area (Å²) < 4.78 is 5.40. The van der Waals surface area contributed by atoms with Gasteiger partial charge in [-0.3, -0.25) is 9.59 Å². The number of rotatable bonds is 7. The van der Waals surface area contributed by atoms with Gasteiger partial charge in [0.25, 0.3) is 5.91 Å². The largest absolute Gasteiger partial charge is 0.494 e. The molecule has 6 heteroatoms. The van der Waals surface area contributed by atoms with Crippen molar-refractivity contribution in [3.63, 3.8) is 0 Å². The predicted octanol–water partition coefficient (Wildman–Crippen LogP) is 2.05. The number of benzene rings is 1. The molecule has 0 aliphatic carbocycles. The average Bonchev–Trinajstić information content (AvgIpc) is 2.66. The highest BCUT2D eigenvalue weighted by atomic mass is 16.5. The Bertz CT molecular complexity index is 601. The zero-order chi connectivity index (χ0) is 19.1. The molecule has 1 heterocycles. The summed E-state index contributed by atoms with van der Waals surface area (Å²) in [6.45, 7) is 7.86. The van der Waals surface area contributed by atoms with Gasteiger partial charge in [0.15, 0.2) is 0 Å². The fraction of sp³-hybridized carbons (Fsp3) is 0.600. The van der Waals surface area contributed by atoms with Crippen molar-refractivity contribution in [1.82, 2.24) is 15.5 Å². The molecule has 1 fully saturated rings. The lowest BCUT2D eigenvalue weighted by Crippen LogP contribution is -2.55. The van der Waals surface area contributed by atoms with Crippen molar-refractivity contribution >= 4 is 11.8 Å². The first-order valence-corrected chi connectivity index (χ1v) is 9.46. The maximum Gasteiger partial charge on any atom is 0.251 e. The molecule has 1 aliphatic heterocycles. The molecule has 2 N–H and O–H groups in total. The SMILES string of the molecule is CCOc1ccc(C(=O)NC(C(=O)N2CCCC(NC)C2)C(C)C)cc1. The number of carbonyl (C=O) groups excluding carboxylic acids is 2. The van der Waals surface area contributed by atoms with E-state index in [-0.39, 0.29) is 17.7 Å². The molecule has 0 spiro atoms. The van der Waals surface area contributed by atoms with E-state index in [1.54, 1.807) is 24.3 Å². The molecule has 2 amide bonds. The summed E-state index contributed by atoms with van der Waals surface area (Å²) in [4.78, 5) is 27.4. The minimum absolute atomic E-state index is 0.000707. The highest BCUT2D eigenvalue weighted by Gasteiger charge is 2.31. The van der Waals surface area contributed by atoms with Gasteiger partial charge in [-0.15, -0.1) is 0 Å². The zero-order valence-corrected chi connectivity index (χ0v) is 16.2. The third-order valence-corrected chi connectivity index (χ3v) is 4.79. The normalized spacial score (nSPS) is 18.5. The summed E-state index contributed by atoms with van der Waals surface area (Å²) in [6.07, 6.45) is 2.06. The van der Waals surface area contributed by atoms with Gasteiger partial charge in [0.1, 0.15) is 11.8 Å². The summed E-state index contributed by atoms with van der Waals surface area (Å²) in [5, 5.41) is 6.17. The fourth-order valence-electron chi connectivity index (χ4n) is 3.22. The van der Waals surface area contributed by atoms with Crippen LogP contribution >= 0.6 is 0 Å². The summed E-state index contributed by atoms with van der Waals surface area (Å²) in [6, 6.07) is 6.78. The van der Waals surface area contributed by atoms with Crippen molar-refractivity contribution in [3.8, 4) is 5.75 Å². The van der Waals surface area contributed by atoms with Crippen LogP contribution in [0.15, 0.2) is 24.3 Å². The maximum atomic E-state index is 13.0. The maximum absolute atomic E-state index is 13.0. The number of nitrogens with one attached hydrogen (secondary N) is 2. The van der Waals surface area contributed by atoms with Crippen molar-refractivity contribution in [1.29, 1.82) is 0 Å². The van der Waals surface area contributed by atoms with Gasteiger partial charge in [0.2, 0.25) is 5.91 Å². The topological polar surface area (TPSA) is 70.7 Å². The standard InChI is InChI=1S/C20H31N3O3/c1-5-26-17-10-8-15(9-11-17)19(24)22-18(14(2)3)20(25)23-12-6-7-16(13-23)21-4/h8-11,14,16,18,21H,5-7,12-13H2,1-4H3,(H,22,24). The Morgan fingerprint density at radius 1 is 1.27 bits per heavy atom. The highest BCUT2D eigenvalue weighted by Crippen LogP contribution is 2.16. The van der Waals surface area contributed by atoms with E-state index in [1.807, 2.05) is 32.7 Å². The van der Waals surface area contributed by atoms with Crippen molar-refractivity contribution in [2.45, 2.75) is 45.7 Å². The quantitative estimate of drug-likeness (QED) is 0.780. The lowest BCUT2D eigenvalue weighted by atomic mass is 9.99. The molecule has 1 aromatic carbocycles. The molecule has 0 saturated carbocycles. The van der Waals surface area contributed by atoms with E-state index in [4.69, 9.17) is 4.74 Å². The van der Waals surface area contributed by atoms with Crippen LogP contribution in [0.4, 0.5) is 0 Å². The lowest BCUT2D eigenvalue weighted by Gasteiger charge is -2.36. The van der Waals surface area contributed by atoms with Crippen LogP contribution in [-0.2, 0) is 4.79 Å². The van der Waals surface area contributed by atoms with Crippen LogP contribution in [0.1, 0.15) is 44.0 Å². The molecule has 144 valence electrons. The summed E-state index contributed by atoms with van der Waals surface area (Å²) in [5.41, 5.74) is 0.527. The van der Waals surface area contributed by atoms with Gasteiger partial charge in [-0.05, 0) is 57.0 Å². The van der Waals surface area contributed by atoms with E-state index >= 15 is 0 Å². The molecule has 2 unspecified atom stereocenters. The van der Waals surface area contributed by atoms with Gasteiger partial charge in [-0.25, -0.2) is 0 Å². The number of hydrogen-bond donors (Lipinski definition) is 2. The molecule has 0 radical (unpaired) electrons. The summed E-state index contributed by atoms with van der Waals surface area (Å²) >= 11 is 0. The third-order valence-electron chi connectivity index (χ3n) is 4.79. The van der Waals surface area contributed by atoms with Crippen LogP contribution in [0.5, 0.6) is 5.75 Å². The minimum Gasteiger partial charge on any atom is -0.494 e. The molecule has 0 aromatic heterocycles. The molecule has 6 nitrogen and oxygen atoms in total. The number of piperidine rings is 1. The average molecular weight is 361 g/mol. The van der Waals surface area contributed by atoms with Crippen LogP contribution in [0.2, 0.25) is 0 Å². The van der Waals surface area contributed by atoms with Crippen LogP contribution in [0, 0.1) is 5.92 Å². The minimum atomic E-state index is -0.523. The van der Waals surface area contributed by atoms with Crippen LogP contribution in [0.25, 0.3) is 0 Å². The van der Waals surface area contributed by atoms with Crippen molar-refractivity contribution < 1.29 is 14.3 Å². The third kappa shape index (κ3) is 5.21. The van der Waals surface area contributed by atoms with Gasteiger partial charge >= 0.3 is 0 Å². The van der Waals surface area contributed by atoms with E-state index in [9.17, 15) is 9.59 Å². The second kappa shape index (κ2) is 9.57. The molecule has 0 bridgehead atoms. The molecule has 1 aliphatic rings. The second-order valence-corrected chi connectivity index (χ2v) is 7.06. The number of likely N-dealkylation sites (tertiary alicyclic amines) is 1. The van der Waals surface area contributed by atoms with Crippen molar-refractivity contribution in [3.05, 3.63) is 29.8 Å². The van der Waals surface area contributed by atoms with Gasteiger partial charge < -0.3 is 20.3 Å². The van der Waals surface area contributed by atoms with Gasteiger partial charge in [-0.2, -0.15) is 0 Å².